The average Bonchev–Trinajstić information content (AvgIpc) is 3.08. The summed E-state index contributed by atoms with van der Waals surface area (Å²) in [5.41, 5.74) is -0.544. The molecule has 0 spiro atoms. The van der Waals surface area contributed by atoms with Crippen LogP contribution < -0.4 is 0 Å². The second kappa shape index (κ2) is 8.52. The van der Waals surface area contributed by atoms with Gasteiger partial charge in [-0.3, -0.25) is 19.2 Å². The van der Waals surface area contributed by atoms with Crippen LogP contribution in [0.15, 0.2) is 0 Å². The van der Waals surface area contributed by atoms with Crippen LogP contribution in [0.25, 0.3) is 0 Å². The van der Waals surface area contributed by atoms with E-state index in [1.165, 1.54) is 13.8 Å². The molecule has 0 aromatic rings. The summed E-state index contributed by atoms with van der Waals surface area (Å²) in [5, 5.41) is 0. The first-order valence-corrected chi connectivity index (χ1v) is 12.9. The number of carbonyl (C=O) groups excluding carboxylic acids is 4. The van der Waals surface area contributed by atoms with E-state index < -0.39 is 11.4 Å². The molecular formula is C25H35BrO6. The van der Waals surface area contributed by atoms with Gasteiger partial charge in [-0.1, -0.05) is 29.8 Å². The Bertz CT molecular complexity index is 825. The van der Waals surface area contributed by atoms with Crippen molar-refractivity contribution in [2.24, 2.45) is 40.4 Å². The lowest BCUT2D eigenvalue weighted by Gasteiger charge is -2.61. The quantitative estimate of drug-likeness (QED) is 0.414. The summed E-state index contributed by atoms with van der Waals surface area (Å²) in [7, 11) is 0. The highest BCUT2D eigenvalue weighted by Crippen LogP contribution is 2.67. The average molecular weight is 511 g/mol. The lowest BCUT2D eigenvalue weighted by atomic mass is 9.44. The number of fused-ring (bicyclic) bond motifs is 5. The molecule has 4 rings (SSSR count). The molecule has 9 atom stereocenters. The molecule has 0 aromatic heterocycles. The van der Waals surface area contributed by atoms with Crippen molar-refractivity contribution in [3.05, 3.63) is 0 Å². The van der Waals surface area contributed by atoms with Gasteiger partial charge in [0.1, 0.15) is 12.7 Å². The van der Waals surface area contributed by atoms with Crippen LogP contribution in [0.5, 0.6) is 0 Å². The van der Waals surface area contributed by atoms with Gasteiger partial charge in [-0.25, -0.2) is 0 Å². The minimum absolute atomic E-state index is 0.0238. The number of halogens is 1. The fourth-order valence-corrected chi connectivity index (χ4v) is 9.05. The summed E-state index contributed by atoms with van der Waals surface area (Å²) in [6.07, 6.45) is 6.19. The van der Waals surface area contributed by atoms with Crippen LogP contribution in [-0.4, -0.2) is 41.0 Å². The van der Waals surface area contributed by atoms with E-state index in [0.29, 0.717) is 11.8 Å². The van der Waals surface area contributed by atoms with Crippen molar-refractivity contribution < 1.29 is 28.7 Å². The molecule has 4 saturated carbocycles. The minimum atomic E-state index is -0.455. The zero-order valence-electron chi connectivity index (χ0n) is 19.5. The number of hydrogen-bond acceptors (Lipinski definition) is 6. The molecule has 0 saturated heterocycles. The molecule has 0 radical (unpaired) electrons. The van der Waals surface area contributed by atoms with Gasteiger partial charge < -0.3 is 9.47 Å². The van der Waals surface area contributed by atoms with Crippen LogP contribution in [0.3, 0.4) is 0 Å². The first kappa shape index (κ1) is 23.9. The topological polar surface area (TPSA) is 86.7 Å². The maximum Gasteiger partial charge on any atom is 0.303 e. The van der Waals surface area contributed by atoms with Crippen molar-refractivity contribution in [2.45, 2.75) is 83.6 Å². The van der Waals surface area contributed by atoms with Crippen molar-refractivity contribution in [1.82, 2.24) is 0 Å². The highest BCUT2D eigenvalue weighted by atomic mass is 79.9. The Morgan fingerprint density at radius 3 is 2.41 bits per heavy atom. The molecule has 0 bridgehead atoms. The summed E-state index contributed by atoms with van der Waals surface area (Å²) in [4.78, 5) is 49.2. The number of carbonyl (C=O) groups is 4. The molecular weight excluding hydrogens is 476 g/mol. The van der Waals surface area contributed by atoms with Gasteiger partial charge in [0.2, 0.25) is 0 Å². The third-order valence-corrected chi connectivity index (χ3v) is 11.0. The Labute approximate surface area is 198 Å². The van der Waals surface area contributed by atoms with E-state index in [1.54, 1.807) is 0 Å². The van der Waals surface area contributed by atoms with E-state index in [1.807, 2.05) is 0 Å². The van der Waals surface area contributed by atoms with Crippen LogP contribution in [0, 0.1) is 40.4 Å². The summed E-state index contributed by atoms with van der Waals surface area (Å²) < 4.78 is 10.5. The summed E-state index contributed by atoms with van der Waals surface area (Å²) in [6, 6.07) is 0. The largest absolute Gasteiger partial charge is 0.463 e. The number of hydrogen-bond donors (Lipinski definition) is 0. The molecule has 0 amide bonds. The van der Waals surface area contributed by atoms with E-state index in [2.05, 4.69) is 29.8 Å². The predicted octanol–water partition coefficient (Wildman–Crippen LogP) is 4.26. The van der Waals surface area contributed by atoms with Gasteiger partial charge in [0.25, 0.3) is 0 Å². The molecule has 178 valence electrons. The fraction of sp³-hybridized carbons (Fsp3) is 0.840. The second-order valence-electron chi connectivity index (χ2n) is 11.0. The van der Waals surface area contributed by atoms with Crippen LogP contribution in [0.1, 0.15) is 72.6 Å². The van der Waals surface area contributed by atoms with Crippen LogP contribution in [-0.2, 0) is 28.7 Å². The zero-order chi connectivity index (χ0) is 23.4. The molecule has 6 nitrogen and oxygen atoms in total. The second-order valence-corrected chi connectivity index (χ2v) is 12.0. The highest BCUT2D eigenvalue weighted by Gasteiger charge is 2.67. The van der Waals surface area contributed by atoms with Crippen LogP contribution >= 0.6 is 15.9 Å². The monoisotopic (exact) mass is 510 g/mol. The molecule has 7 heteroatoms. The molecule has 0 heterocycles. The standard InChI is InChI=1S/C25H35BrO6/c1-13(27)31-12-20(29)19-8-7-18-17-6-5-15-11-16(32-14(2)28)9-10-24(15,3)21(17)22(30)23(26)25(18,19)4/h15-19,21,23H,5-12H2,1-4H3/t15-,16-,17+,18-,19+,21-,23+,24+,25+/m1/s1. The fourth-order valence-electron chi connectivity index (χ4n) is 8.11. The van der Waals surface area contributed by atoms with Crippen LogP contribution in [0.2, 0.25) is 0 Å². The molecule has 0 aromatic carbocycles. The van der Waals surface area contributed by atoms with E-state index in [0.717, 1.165) is 44.9 Å². The Morgan fingerprint density at radius 2 is 1.75 bits per heavy atom. The van der Waals surface area contributed by atoms with Gasteiger partial charge in [-0.2, -0.15) is 0 Å². The minimum Gasteiger partial charge on any atom is -0.463 e. The summed E-state index contributed by atoms with van der Waals surface area (Å²) in [5.74, 6) is 0.135. The molecule has 32 heavy (non-hydrogen) atoms. The third-order valence-electron chi connectivity index (χ3n) is 9.55. The van der Waals surface area contributed by atoms with E-state index >= 15 is 0 Å². The zero-order valence-corrected chi connectivity index (χ0v) is 21.1. The number of esters is 2. The van der Waals surface area contributed by atoms with Crippen molar-refractivity contribution in [2.75, 3.05) is 6.61 Å². The maximum absolute atomic E-state index is 13.9. The Hall–Kier alpha value is -1.24. The van der Waals surface area contributed by atoms with Crippen molar-refractivity contribution in [3.8, 4) is 0 Å². The van der Waals surface area contributed by atoms with Gasteiger partial charge in [-0.15, -0.1) is 0 Å². The molecule has 4 fully saturated rings. The first-order valence-electron chi connectivity index (χ1n) is 12.0. The van der Waals surface area contributed by atoms with Crippen LogP contribution in [0.4, 0.5) is 0 Å². The molecule has 4 aliphatic rings. The van der Waals surface area contributed by atoms with Gasteiger partial charge in [0.05, 0.1) is 4.83 Å². The third kappa shape index (κ3) is 3.67. The van der Waals surface area contributed by atoms with Gasteiger partial charge in [0, 0.05) is 25.7 Å². The smallest absolute Gasteiger partial charge is 0.303 e. The maximum atomic E-state index is 13.9. The van der Waals surface area contributed by atoms with E-state index in [-0.39, 0.29) is 58.2 Å². The lowest BCUT2D eigenvalue weighted by Crippen LogP contribution is -2.62. The van der Waals surface area contributed by atoms with E-state index in [9.17, 15) is 19.2 Å². The Morgan fingerprint density at radius 1 is 1.03 bits per heavy atom. The molecule has 0 N–H and O–H groups in total. The predicted molar refractivity (Wildman–Crippen MR) is 121 cm³/mol. The number of rotatable bonds is 4. The van der Waals surface area contributed by atoms with Crippen molar-refractivity contribution in [1.29, 1.82) is 0 Å². The van der Waals surface area contributed by atoms with Gasteiger partial charge >= 0.3 is 11.9 Å². The highest BCUT2D eigenvalue weighted by molar-refractivity contribution is 9.10. The first-order chi connectivity index (χ1) is 15.0. The van der Waals surface area contributed by atoms with E-state index in [4.69, 9.17) is 9.47 Å². The molecule has 0 aliphatic heterocycles. The number of ketones is 2. The summed E-state index contributed by atoms with van der Waals surface area (Å²) in [6.45, 7) is 6.94. The SMILES string of the molecule is CC(=O)OCC(=O)[C@@H]1CC[C@@H]2[C@@H]3CC[C@@H]4C[C@H](OC(C)=O)CC[C@]4(C)[C@H]3C(=O)[C@H](Br)[C@@]21C. The van der Waals surface area contributed by atoms with Gasteiger partial charge in [0.15, 0.2) is 11.6 Å². The normalized spacial score (nSPS) is 45.3. The van der Waals surface area contributed by atoms with Crippen molar-refractivity contribution >= 4 is 39.4 Å². The number of ether oxygens (including phenoxy) is 2. The number of alkyl halides is 1. The number of Topliss-reactive ketones (excluding diaryl/α,β-unsaturated/α-hetero) is 2. The Kier molecular flexibility index (Phi) is 6.36. The van der Waals surface area contributed by atoms with Crippen molar-refractivity contribution in [3.63, 3.8) is 0 Å². The lowest BCUT2D eigenvalue weighted by molar-refractivity contribution is -0.169. The Balaban J connectivity index is 1.58. The molecule has 0 unspecified atom stereocenters. The van der Waals surface area contributed by atoms with Gasteiger partial charge in [-0.05, 0) is 73.5 Å². The summed E-state index contributed by atoms with van der Waals surface area (Å²) >= 11 is 3.77. The molecule has 4 aliphatic carbocycles.